The lowest BCUT2D eigenvalue weighted by Crippen LogP contribution is -2.62. The Balaban J connectivity index is 1.40. The van der Waals surface area contributed by atoms with Crippen LogP contribution in [0.1, 0.15) is 24.3 Å². The highest BCUT2D eigenvalue weighted by molar-refractivity contribution is 7.90. The van der Waals surface area contributed by atoms with Crippen LogP contribution in [0.25, 0.3) is 11.0 Å². The van der Waals surface area contributed by atoms with Gasteiger partial charge in [0, 0.05) is 58.1 Å². The van der Waals surface area contributed by atoms with Gasteiger partial charge in [0.25, 0.3) is 10.2 Å². The molecule has 2 aromatic rings. The third-order valence-electron chi connectivity index (χ3n) is 5.76. The van der Waals surface area contributed by atoms with Gasteiger partial charge in [0.1, 0.15) is 10.9 Å². The van der Waals surface area contributed by atoms with Crippen LogP contribution in [-0.2, 0) is 20.2 Å². The first-order valence-electron chi connectivity index (χ1n) is 9.30. The van der Waals surface area contributed by atoms with Crippen LogP contribution < -0.4 is 0 Å². The second-order valence-corrected chi connectivity index (χ2v) is 11.9. The van der Waals surface area contributed by atoms with E-state index >= 15 is 0 Å². The average Bonchev–Trinajstić information content (AvgIpc) is 3.04. The molecular weight excluding hydrogens is 402 g/mol. The van der Waals surface area contributed by atoms with Crippen LogP contribution >= 0.6 is 0 Å². The summed E-state index contributed by atoms with van der Waals surface area (Å²) in [6.07, 6.45) is 5.21. The molecule has 2 saturated heterocycles. The molecule has 9 nitrogen and oxygen atoms in total. The van der Waals surface area contributed by atoms with E-state index in [4.69, 9.17) is 0 Å². The second-order valence-electron chi connectivity index (χ2n) is 7.59. The molecule has 2 fully saturated rings. The quantitative estimate of drug-likeness (QED) is 0.751. The van der Waals surface area contributed by atoms with Crippen molar-refractivity contribution in [2.24, 2.45) is 0 Å². The number of H-pyrrole nitrogens is 1. The zero-order valence-corrected chi connectivity index (χ0v) is 17.6. The summed E-state index contributed by atoms with van der Waals surface area (Å²) in [5.41, 5.74) is 2.04. The number of hydrogen-bond donors (Lipinski definition) is 1. The number of sulfonamides is 1. The lowest BCUT2D eigenvalue weighted by molar-refractivity contribution is 0.266. The molecule has 4 rings (SSSR count). The normalized spacial score (nSPS) is 21.4. The molecule has 4 heterocycles. The van der Waals surface area contributed by atoms with E-state index in [1.165, 1.54) is 28.3 Å². The summed E-state index contributed by atoms with van der Waals surface area (Å²) in [5.74, 6) is 0.288. The van der Waals surface area contributed by atoms with Crippen molar-refractivity contribution in [1.82, 2.24) is 22.9 Å². The molecule has 2 aromatic heterocycles. The maximum Gasteiger partial charge on any atom is 0.281 e. The maximum atomic E-state index is 12.9. The number of hydrogen-bond acceptors (Lipinski definition) is 5. The van der Waals surface area contributed by atoms with Crippen LogP contribution in [-0.4, -0.2) is 85.2 Å². The Bertz CT molecular complexity index is 1070. The number of aromatic nitrogens is 2. The van der Waals surface area contributed by atoms with Crippen molar-refractivity contribution in [2.45, 2.75) is 24.0 Å². The molecule has 0 saturated carbocycles. The first kappa shape index (κ1) is 19.8. The van der Waals surface area contributed by atoms with Crippen molar-refractivity contribution in [3.05, 3.63) is 30.1 Å². The number of piperidine rings is 1. The molecule has 154 valence electrons. The minimum absolute atomic E-state index is 0.0247. The number of rotatable bonds is 5. The Morgan fingerprint density at radius 1 is 1.11 bits per heavy atom. The fraction of sp³-hybridized carbons (Fsp3) is 0.588. The fourth-order valence-corrected chi connectivity index (χ4v) is 7.22. The lowest BCUT2D eigenvalue weighted by atomic mass is 9.90. The van der Waals surface area contributed by atoms with Gasteiger partial charge in [-0.1, -0.05) is 0 Å². The molecule has 2 aliphatic heterocycles. The van der Waals surface area contributed by atoms with Gasteiger partial charge in [-0.05, 0) is 36.5 Å². The van der Waals surface area contributed by atoms with Crippen molar-refractivity contribution in [2.75, 3.05) is 40.3 Å². The van der Waals surface area contributed by atoms with Crippen molar-refractivity contribution in [1.29, 1.82) is 0 Å². The van der Waals surface area contributed by atoms with Crippen molar-refractivity contribution < 1.29 is 16.8 Å². The molecule has 1 N–H and O–H groups in total. The SMILES string of the molecule is CN(C)S(=O)(=O)N1CC(S(=O)(=O)N2CCC(c3c[nH]c4ncccc34)CC2)C1. The highest BCUT2D eigenvalue weighted by Gasteiger charge is 2.46. The summed E-state index contributed by atoms with van der Waals surface area (Å²) < 4.78 is 53.8. The first-order valence-corrected chi connectivity index (χ1v) is 12.2. The number of nitrogens with one attached hydrogen (secondary N) is 1. The van der Waals surface area contributed by atoms with Crippen LogP contribution in [0.15, 0.2) is 24.5 Å². The minimum atomic E-state index is -3.55. The Labute approximate surface area is 165 Å². The maximum absolute atomic E-state index is 12.9. The van der Waals surface area contributed by atoms with Gasteiger partial charge in [-0.2, -0.15) is 17.0 Å². The standard InChI is InChI=1S/C17H25N5O4S2/c1-20(2)28(25,26)22-11-14(12-22)27(23,24)21-8-5-13(6-9-21)16-10-19-17-15(16)4-3-7-18-17/h3-4,7,10,13-14H,5-6,8-9,11-12H2,1-2H3,(H,18,19). The minimum Gasteiger partial charge on any atom is -0.346 e. The zero-order valence-electron chi connectivity index (χ0n) is 15.9. The average molecular weight is 428 g/mol. The number of nitrogens with zero attached hydrogens (tertiary/aromatic N) is 4. The number of aromatic amines is 1. The molecule has 0 amide bonds. The predicted molar refractivity (Wildman–Crippen MR) is 107 cm³/mol. The van der Waals surface area contributed by atoms with Gasteiger partial charge < -0.3 is 4.98 Å². The molecule has 0 unspecified atom stereocenters. The summed E-state index contributed by atoms with van der Waals surface area (Å²) in [6, 6.07) is 3.94. The summed E-state index contributed by atoms with van der Waals surface area (Å²) >= 11 is 0. The van der Waals surface area contributed by atoms with E-state index in [0.29, 0.717) is 13.1 Å². The molecule has 0 bridgehead atoms. The summed E-state index contributed by atoms with van der Waals surface area (Å²) in [7, 11) is -4.15. The van der Waals surface area contributed by atoms with E-state index in [0.717, 1.165) is 28.2 Å². The van der Waals surface area contributed by atoms with Crippen molar-refractivity contribution in [3.8, 4) is 0 Å². The largest absolute Gasteiger partial charge is 0.346 e. The van der Waals surface area contributed by atoms with E-state index in [2.05, 4.69) is 9.97 Å². The molecule has 0 spiro atoms. The van der Waals surface area contributed by atoms with Gasteiger partial charge in [-0.3, -0.25) is 0 Å². The molecule has 28 heavy (non-hydrogen) atoms. The topological polar surface area (TPSA) is 107 Å². The van der Waals surface area contributed by atoms with Crippen LogP contribution in [0.4, 0.5) is 0 Å². The first-order chi connectivity index (χ1) is 13.2. The van der Waals surface area contributed by atoms with E-state index in [-0.39, 0.29) is 19.0 Å². The van der Waals surface area contributed by atoms with Crippen LogP contribution in [0.3, 0.4) is 0 Å². The molecule has 11 heteroatoms. The van der Waals surface area contributed by atoms with Crippen LogP contribution in [0, 0.1) is 0 Å². The molecule has 0 aliphatic carbocycles. The smallest absolute Gasteiger partial charge is 0.281 e. The number of fused-ring (bicyclic) bond motifs is 1. The molecular formula is C17H25N5O4S2. The predicted octanol–water partition coefficient (Wildman–Crippen LogP) is 0.563. The molecule has 0 atom stereocenters. The Morgan fingerprint density at radius 3 is 2.43 bits per heavy atom. The van der Waals surface area contributed by atoms with Gasteiger partial charge in [-0.15, -0.1) is 0 Å². The highest BCUT2D eigenvalue weighted by atomic mass is 32.2. The second kappa shape index (κ2) is 7.06. The monoisotopic (exact) mass is 427 g/mol. The van der Waals surface area contributed by atoms with E-state index in [1.807, 2.05) is 18.3 Å². The van der Waals surface area contributed by atoms with Gasteiger partial charge in [0.05, 0.1) is 0 Å². The summed E-state index contributed by atoms with van der Waals surface area (Å²) in [5, 5.41) is 0.434. The Morgan fingerprint density at radius 2 is 1.79 bits per heavy atom. The van der Waals surface area contributed by atoms with Gasteiger partial charge >= 0.3 is 0 Å². The van der Waals surface area contributed by atoms with E-state index < -0.39 is 25.5 Å². The van der Waals surface area contributed by atoms with Crippen molar-refractivity contribution in [3.63, 3.8) is 0 Å². The third kappa shape index (κ3) is 3.24. The van der Waals surface area contributed by atoms with Crippen LogP contribution in [0.5, 0.6) is 0 Å². The van der Waals surface area contributed by atoms with E-state index in [9.17, 15) is 16.8 Å². The number of pyridine rings is 1. The van der Waals surface area contributed by atoms with Gasteiger partial charge in [0.2, 0.25) is 10.0 Å². The zero-order chi connectivity index (χ0) is 20.1. The summed E-state index contributed by atoms with van der Waals surface area (Å²) in [6.45, 7) is 0.960. The third-order valence-corrected chi connectivity index (χ3v) is 9.86. The van der Waals surface area contributed by atoms with E-state index in [1.54, 1.807) is 6.20 Å². The highest BCUT2D eigenvalue weighted by Crippen LogP contribution is 2.34. The van der Waals surface area contributed by atoms with Gasteiger partial charge in [-0.25, -0.2) is 17.7 Å². The Kier molecular flexibility index (Phi) is 4.99. The Hall–Kier alpha value is -1.53. The van der Waals surface area contributed by atoms with Crippen LogP contribution in [0.2, 0.25) is 0 Å². The molecule has 2 aliphatic rings. The fourth-order valence-electron chi connectivity index (χ4n) is 3.96. The van der Waals surface area contributed by atoms with Gasteiger partial charge in [0.15, 0.2) is 0 Å². The lowest BCUT2D eigenvalue weighted by Gasteiger charge is -2.42. The molecule has 0 radical (unpaired) electrons. The van der Waals surface area contributed by atoms with Crippen molar-refractivity contribution >= 4 is 31.3 Å². The molecule has 0 aromatic carbocycles. The summed E-state index contributed by atoms with van der Waals surface area (Å²) in [4.78, 5) is 7.50.